The molecule has 5 nitrogen and oxygen atoms in total. The summed E-state index contributed by atoms with van der Waals surface area (Å²) >= 11 is 0. The third-order valence-corrected chi connectivity index (χ3v) is 3.54. The maximum absolute atomic E-state index is 13.7. The highest BCUT2D eigenvalue weighted by Crippen LogP contribution is 2.42. The number of H-pyrrole nitrogens is 1. The largest absolute Gasteiger partial charge is 0.395 e. The van der Waals surface area contributed by atoms with Gasteiger partial charge in [-0.15, -0.1) is 0 Å². The Morgan fingerprint density at radius 1 is 1.45 bits per heavy atom. The molecule has 1 heterocycles. The molecule has 6 heteroatoms. The summed E-state index contributed by atoms with van der Waals surface area (Å²) in [5.41, 5.74) is 7.51. The molecule has 20 heavy (non-hydrogen) atoms. The van der Waals surface area contributed by atoms with E-state index in [0.29, 0.717) is 11.6 Å². The lowest BCUT2D eigenvalue weighted by atomic mass is 10.2. The molecule has 3 N–H and O–H groups in total. The molecule has 0 aliphatic heterocycles. The number of para-hydroxylation sites is 1. The summed E-state index contributed by atoms with van der Waals surface area (Å²) in [6.07, 6.45) is 2.12. The summed E-state index contributed by atoms with van der Waals surface area (Å²) in [5.74, 6) is -0.501. The maximum atomic E-state index is 13.7. The van der Waals surface area contributed by atoms with Gasteiger partial charge in [-0.2, -0.15) is 5.10 Å². The third-order valence-electron chi connectivity index (χ3n) is 3.54. The van der Waals surface area contributed by atoms with Gasteiger partial charge in [-0.3, -0.25) is 9.89 Å². The first-order valence-electron chi connectivity index (χ1n) is 6.46. The van der Waals surface area contributed by atoms with Gasteiger partial charge >= 0.3 is 0 Å². The van der Waals surface area contributed by atoms with Crippen LogP contribution in [0.5, 0.6) is 0 Å². The molecule has 0 bridgehead atoms. The summed E-state index contributed by atoms with van der Waals surface area (Å²) in [4.78, 5) is 13.6. The standard InChI is InChI=1S/C14H15FN4O/c1-19(10-5-3-2-4-9(10)15)14(20)13-11(16)12(17-18-13)8-6-7-8/h2-5,8H,6-7,16H2,1H3,(H,17,18). The van der Waals surface area contributed by atoms with Crippen LogP contribution in [-0.2, 0) is 0 Å². The number of nitrogens with zero attached hydrogens (tertiary/aromatic N) is 2. The summed E-state index contributed by atoms with van der Waals surface area (Å²) in [6.45, 7) is 0. The van der Waals surface area contributed by atoms with Crippen molar-refractivity contribution in [1.82, 2.24) is 10.2 Å². The number of amides is 1. The number of hydrogen-bond acceptors (Lipinski definition) is 3. The molecule has 1 fully saturated rings. The minimum absolute atomic E-state index is 0.151. The van der Waals surface area contributed by atoms with Crippen LogP contribution in [0.1, 0.15) is 34.9 Å². The average molecular weight is 274 g/mol. The molecule has 0 unspecified atom stereocenters. The fourth-order valence-electron chi connectivity index (χ4n) is 2.20. The zero-order valence-electron chi connectivity index (χ0n) is 11.1. The van der Waals surface area contributed by atoms with Crippen LogP contribution in [-0.4, -0.2) is 23.2 Å². The highest BCUT2D eigenvalue weighted by Gasteiger charge is 2.31. The molecule has 1 aromatic heterocycles. The van der Waals surface area contributed by atoms with Gasteiger partial charge in [-0.1, -0.05) is 12.1 Å². The van der Waals surface area contributed by atoms with Crippen molar-refractivity contribution in [2.24, 2.45) is 0 Å². The van der Waals surface area contributed by atoms with Gasteiger partial charge in [0.1, 0.15) is 5.82 Å². The Labute approximate surface area is 115 Å². The van der Waals surface area contributed by atoms with E-state index in [1.54, 1.807) is 12.1 Å². The van der Waals surface area contributed by atoms with Crippen molar-refractivity contribution in [3.05, 3.63) is 41.5 Å². The summed E-state index contributed by atoms with van der Waals surface area (Å²) in [5, 5.41) is 6.81. The number of anilines is 2. The van der Waals surface area contributed by atoms with Gasteiger partial charge in [0, 0.05) is 13.0 Å². The molecule has 1 saturated carbocycles. The Balaban J connectivity index is 1.90. The van der Waals surface area contributed by atoms with Crippen molar-refractivity contribution >= 4 is 17.3 Å². The minimum atomic E-state index is -0.458. The van der Waals surface area contributed by atoms with Gasteiger partial charge in [0.15, 0.2) is 5.69 Å². The van der Waals surface area contributed by atoms with Crippen molar-refractivity contribution < 1.29 is 9.18 Å². The van der Waals surface area contributed by atoms with Crippen molar-refractivity contribution in [1.29, 1.82) is 0 Å². The molecule has 3 rings (SSSR count). The van der Waals surface area contributed by atoms with Crippen LogP contribution < -0.4 is 10.6 Å². The first-order valence-corrected chi connectivity index (χ1v) is 6.46. The van der Waals surface area contributed by atoms with Crippen LogP contribution in [0.3, 0.4) is 0 Å². The molecule has 1 aliphatic carbocycles. The van der Waals surface area contributed by atoms with Crippen molar-refractivity contribution in [3.8, 4) is 0 Å². The molecular formula is C14H15FN4O. The minimum Gasteiger partial charge on any atom is -0.395 e. The zero-order chi connectivity index (χ0) is 14.3. The monoisotopic (exact) mass is 274 g/mol. The summed E-state index contributed by atoms with van der Waals surface area (Å²) in [7, 11) is 1.51. The normalized spacial score (nSPS) is 14.3. The van der Waals surface area contributed by atoms with E-state index in [1.165, 1.54) is 24.1 Å². The first kappa shape index (κ1) is 12.7. The van der Waals surface area contributed by atoms with Gasteiger partial charge in [0.05, 0.1) is 17.1 Å². The van der Waals surface area contributed by atoms with Crippen LogP contribution in [0.4, 0.5) is 15.8 Å². The third kappa shape index (κ3) is 2.03. The highest BCUT2D eigenvalue weighted by molar-refractivity contribution is 6.07. The Hall–Kier alpha value is -2.37. The number of nitrogen functional groups attached to an aromatic ring is 1. The summed E-state index contributed by atoms with van der Waals surface area (Å²) < 4.78 is 13.7. The number of nitrogens with one attached hydrogen (secondary N) is 1. The van der Waals surface area contributed by atoms with E-state index in [1.807, 2.05) is 0 Å². The average Bonchev–Trinajstić information content (AvgIpc) is 3.21. The van der Waals surface area contributed by atoms with E-state index in [0.717, 1.165) is 18.5 Å². The summed E-state index contributed by atoms with van der Waals surface area (Å²) in [6, 6.07) is 6.09. The van der Waals surface area contributed by atoms with Crippen LogP contribution in [0, 0.1) is 5.82 Å². The number of aromatic amines is 1. The van der Waals surface area contributed by atoms with E-state index < -0.39 is 11.7 Å². The van der Waals surface area contributed by atoms with Crippen molar-refractivity contribution in [2.45, 2.75) is 18.8 Å². The quantitative estimate of drug-likeness (QED) is 0.901. The number of benzene rings is 1. The number of carbonyl (C=O) groups is 1. The molecule has 0 atom stereocenters. The van der Waals surface area contributed by atoms with Crippen LogP contribution in [0.2, 0.25) is 0 Å². The number of rotatable bonds is 3. The molecule has 1 aromatic carbocycles. The first-order chi connectivity index (χ1) is 9.59. The smallest absolute Gasteiger partial charge is 0.280 e. The van der Waals surface area contributed by atoms with Gasteiger partial charge in [-0.05, 0) is 25.0 Å². The van der Waals surface area contributed by atoms with Crippen LogP contribution in [0.15, 0.2) is 24.3 Å². The predicted octanol–water partition coefficient (Wildman–Crippen LogP) is 2.29. The van der Waals surface area contributed by atoms with E-state index in [9.17, 15) is 9.18 Å². The molecule has 2 aromatic rings. The molecule has 1 amide bonds. The van der Waals surface area contributed by atoms with Crippen molar-refractivity contribution in [2.75, 3.05) is 17.7 Å². The second-order valence-corrected chi connectivity index (χ2v) is 4.99. The highest BCUT2D eigenvalue weighted by atomic mass is 19.1. The van der Waals surface area contributed by atoms with Gasteiger partial charge in [0.25, 0.3) is 5.91 Å². The van der Waals surface area contributed by atoms with Gasteiger partial charge in [-0.25, -0.2) is 4.39 Å². The topological polar surface area (TPSA) is 75.0 Å². The fraction of sp³-hybridized carbons (Fsp3) is 0.286. The Kier molecular flexibility index (Phi) is 2.93. The van der Waals surface area contributed by atoms with E-state index >= 15 is 0 Å². The Morgan fingerprint density at radius 3 is 2.80 bits per heavy atom. The van der Waals surface area contributed by atoms with Crippen LogP contribution >= 0.6 is 0 Å². The number of aromatic nitrogens is 2. The SMILES string of the molecule is CN(C(=O)c1n[nH]c(C2CC2)c1N)c1ccccc1F. The fourth-order valence-corrected chi connectivity index (χ4v) is 2.20. The number of hydrogen-bond donors (Lipinski definition) is 2. The molecule has 0 saturated heterocycles. The Bertz CT molecular complexity index is 663. The number of nitrogens with two attached hydrogens (primary N) is 1. The Morgan fingerprint density at radius 2 is 2.15 bits per heavy atom. The van der Waals surface area contributed by atoms with Crippen LogP contribution in [0.25, 0.3) is 0 Å². The molecule has 0 spiro atoms. The van der Waals surface area contributed by atoms with Gasteiger partial charge < -0.3 is 10.6 Å². The second-order valence-electron chi connectivity index (χ2n) is 4.99. The second kappa shape index (κ2) is 4.63. The van der Waals surface area contributed by atoms with Gasteiger partial charge in [0.2, 0.25) is 0 Å². The van der Waals surface area contributed by atoms with Crippen molar-refractivity contribution in [3.63, 3.8) is 0 Å². The molecule has 104 valence electrons. The molecule has 0 radical (unpaired) electrons. The lowest BCUT2D eigenvalue weighted by molar-refractivity contribution is 0.0988. The van der Waals surface area contributed by atoms with E-state index in [2.05, 4.69) is 10.2 Å². The van der Waals surface area contributed by atoms with E-state index in [4.69, 9.17) is 5.73 Å². The van der Waals surface area contributed by atoms with E-state index in [-0.39, 0.29) is 11.4 Å². The predicted molar refractivity (Wildman–Crippen MR) is 74.1 cm³/mol. The molecule has 1 aliphatic rings. The number of halogens is 1. The lowest BCUT2D eigenvalue weighted by Gasteiger charge is -2.16. The lowest BCUT2D eigenvalue weighted by Crippen LogP contribution is -2.28. The maximum Gasteiger partial charge on any atom is 0.280 e. The molecular weight excluding hydrogens is 259 g/mol. The zero-order valence-corrected chi connectivity index (χ0v) is 11.1. The number of carbonyl (C=O) groups excluding carboxylic acids is 1.